The average Bonchev–Trinajstić information content (AvgIpc) is 2.33. The molecule has 3 nitrogen and oxygen atoms in total. The molecule has 3 heteroatoms. The van der Waals surface area contributed by atoms with E-state index in [9.17, 15) is 0 Å². The van der Waals surface area contributed by atoms with Crippen molar-refractivity contribution in [2.45, 2.75) is 0 Å². The Morgan fingerprint density at radius 3 is 2.38 bits per heavy atom. The zero-order valence-electron chi connectivity index (χ0n) is 9.10. The van der Waals surface area contributed by atoms with E-state index in [0.29, 0.717) is 0 Å². The lowest BCUT2D eigenvalue weighted by Crippen LogP contribution is -1.94. The molecule has 2 aromatic carbocycles. The summed E-state index contributed by atoms with van der Waals surface area (Å²) in [6.45, 7) is 0. The maximum absolute atomic E-state index is 5.62. The molecule has 0 atom stereocenters. The van der Waals surface area contributed by atoms with Crippen molar-refractivity contribution in [3.8, 4) is 5.75 Å². The van der Waals surface area contributed by atoms with Gasteiger partial charge in [-0.3, -0.25) is 0 Å². The minimum absolute atomic E-state index is 0.755. The molecule has 82 valence electrons. The molecule has 0 saturated heterocycles. The lowest BCUT2D eigenvalue weighted by atomic mass is 10.2. The molecular weight excluding hydrogens is 200 g/mol. The van der Waals surface area contributed by atoms with Crippen LogP contribution in [-0.2, 0) is 0 Å². The summed E-state index contributed by atoms with van der Waals surface area (Å²) < 4.78 is 5.25. The summed E-state index contributed by atoms with van der Waals surface area (Å²) in [5, 5.41) is 3.27. The first-order valence-corrected chi connectivity index (χ1v) is 5.05. The monoisotopic (exact) mass is 214 g/mol. The van der Waals surface area contributed by atoms with E-state index in [4.69, 9.17) is 10.5 Å². The zero-order chi connectivity index (χ0) is 11.4. The van der Waals surface area contributed by atoms with Crippen LogP contribution in [0.1, 0.15) is 0 Å². The number of nitrogen functional groups attached to an aromatic ring is 1. The maximum atomic E-state index is 5.62. The van der Waals surface area contributed by atoms with Crippen molar-refractivity contribution in [1.29, 1.82) is 0 Å². The summed E-state index contributed by atoms with van der Waals surface area (Å²) in [5.41, 5.74) is 8.30. The third kappa shape index (κ3) is 2.25. The second kappa shape index (κ2) is 4.57. The van der Waals surface area contributed by atoms with Gasteiger partial charge in [-0.1, -0.05) is 12.1 Å². The Morgan fingerprint density at radius 1 is 1.00 bits per heavy atom. The third-order valence-electron chi connectivity index (χ3n) is 2.30. The largest absolute Gasteiger partial charge is 0.495 e. The Kier molecular flexibility index (Phi) is 2.96. The third-order valence-corrected chi connectivity index (χ3v) is 2.30. The SMILES string of the molecule is COc1ccccc1Nc1ccc(N)cc1. The molecule has 2 aromatic rings. The summed E-state index contributed by atoms with van der Waals surface area (Å²) in [6.07, 6.45) is 0. The van der Waals surface area contributed by atoms with Crippen molar-refractivity contribution in [3.05, 3.63) is 48.5 Å². The number of para-hydroxylation sites is 2. The van der Waals surface area contributed by atoms with Crippen molar-refractivity contribution in [1.82, 2.24) is 0 Å². The van der Waals surface area contributed by atoms with E-state index in [0.717, 1.165) is 22.8 Å². The number of ether oxygens (including phenoxy) is 1. The Labute approximate surface area is 94.9 Å². The highest BCUT2D eigenvalue weighted by Crippen LogP contribution is 2.27. The predicted molar refractivity (Wildman–Crippen MR) is 67.1 cm³/mol. The molecule has 0 amide bonds. The molecule has 0 heterocycles. The quantitative estimate of drug-likeness (QED) is 0.772. The number of benzene rings is 2. The minimum Gasteiger partial charge on any atom is -0.495 e. The first kappa shape index (κ1) is 10.4. The number of anilines is 3. The van der Waals surface area contributed by atoms with Gasteiger partial charge in [0.1, 0.15) is 5.75 Å². The summed E-state index contributed by atoms with van der Waals surface area (Å²) in [6, 6.07) is 15.4. The zero-order valence-corrected chi connectivity index (χ0v) is 9.10. The minimum atomic E-state index is 0.755. The topological polar surface area (TPSA) is 47.3 Å². The summed E-state index contributed by atoms with van der Waals surface area (Å²) >= 11 is 0. The fraction of sp³-hybridized carbons (Fsp3) is 0.0769. The molecule has 0 saturated carbocycles. The lowest BCUT2D eigenvalue weighted by molar-refractivity contribution is 0.417. The van der Waals surface area contributed by atoms with Crippen LogP contribution in [-0.4, -0.2) is 7.11 Å². The van der Waals surface area contributed by atoms with Crippen LogP contribution in [0.4, 0.5) is 17.1 Å². The highest BCUT2D eigenvalue weighted by atomic mass is 16.5. The van der Waals surface area contributed by atoms with Crippen molar-refractivity contribution in [2.75, 3.05) is 18.2 Å². The van der Waals surface area contributed by atoms with Crippen LogP contribution in [0.15, 0.2) is 48.5 Å². The Morgan fingerprint density at radius 2 is 1.69 bits per heavy atom. The highest BCUT2D eigenvalue weighted by Gasteiger charge is 2.00. The Hall–Kier alpha value is -2.16. The van der Waals surface area contributed by atoms with E-state index in [-0.39, 0.29) is 0 Å². The van der Waals surface area contributed by atoms with Gasteiger partial charge < -0.3 is 15.8 Å². The van der Waals surface area contributed by atoms with Gasteiger partial charge >= 0.3 is 0 Å². The molecule has 0 aliphatic heterocycles. The van der Waals surface area contributed by atoms with E-state index < -0.39 is 0 Å². The first-order valence-electron chi connectivity index (χ1n) is 5.05. The second-order valence-corrected chi connectivity index (χ2v) is 3.45. The van der Waals surface area contributed by atoms with Gasteiger partial charge in [-0.15, -0.1) is 0 Å². The van der Waals surface area contributed by atoms with Crippen LogP contribution in [0.2, 0.25) is 0 Å². The Bertz CT molecular complexity index is 466. The predicted octanol–water partition coefficient (Wildman–Crippen LogP) is 3.02. The maximum Gasteiger partial charge on any atom is 0.142 e. The fourth-order valence-electron chi connectivity index (χ4n) is 1.47. The summed E-state index contributed by atoms with van der Waals surface area (Å²) in [5.74, 6) is 0.819. The van der Waals surface area contributed by atoms with Crippen LogP contribution in [0.25, 0.3) is 0 Å². The molecule has 0 fully saturated rings. The van der Waals surface area contributed by atoms with E-state index in [1.807, 2.05) is 48.5 Å². The molecule has 2 rings (SSSR count). The van der Waals surface area contributed by atoms with Gasteiger partial charge in [0.15, 0.2) is 0 Å². The summed E-state index contributed by atoms with van der Waals surface area (Å²) in [7, 11) is 1.66. The molecule has 0 aliphatic rings. The number of methoxy groups -OCH3 is 1. The Balaban J connectivity index is 2.23. The number of rotatable bonds is 3. The van der Waals surface area contributed by atoms with Gasteiger partial charge in [-0.2, -0.15) is 0 Å². The van der Waals surface area contributed by atoms with Crippen LogP contribution in [0, 0.1) is 0 Å². The number of hydrogen-bond donors (Lipinski definition) is 2. The second-order valence-electron chi connectivity index (χ2n) is 3.45. The van der Waals surface area contributed by atoms with Crippen LogP contribution >= 0.6 is 0 Å². The molecule has 0 radical (unpaired) electrons. The van der Waals surface area contributed by atoms with Crippen LogP contribution < -0.4 is 15.8 Å². The number of nitrogens with two attached hydrogens (primary N) is 1. The van der Waals surface area contributed by atoms with Gasteiger partial charge in [-0.05, 0) is 36.4 Å². The van der Waals surface area contributed by atoms with Crippen LogP contribution in [0.5, 0.6) is 5.75 Å². The van der Waals surface area contributed by atoms with Crippen molar-refractivity contribution >= 4 is 17.1 Å². The smallest absolute Gasteiger partial charge is 0.142 e. The van der Waals surface area contributed by atoms with E-state index in [1.165, 1.54) is 0 Å². The van der Waals surface area contributed by atoms with Crippen molar-refractivity contribution in [2.24, 2.45) is 0 Å². The fourth-order valence-corrected chi connectivity index (χ4v) is 1.47. The summed E-state index contributed by atoms with van der Waals surface area (Å²) in [4.78, 5) is 0. The number of hydrogen-bond acceptors (Lipinski definition) is 3. The van der Waals surface area contributed by atoms with Gasteiger partial charge in [0.25, 0.3) is 0 Å². The molecule has 16 heavy (non-hydrogen) atoms. The van der Waals surface area contributed by atoms with Gasteiger partial charge in [0.05, 0.1) is 12.8 Å². The van der Waals surface area contributed by atoms with E-state index >= 15 is 0 Å². The molecule has 0 spiro atoms. The van der Waals surface area contributed by atoms with Gasteiger partial charge in [0, 0.05) is 11.4 Å². The molecule has 0 aromatic heterocycles. The average molecular weight is 214 g/mol. The molecule has 3 N–H and O–H groups in total. The first-order chi connectivity index (χ1) is 7.79. The number of nitrogens with one attached hydrogen (secondary N) is 1. The van der Waals surface area contributed by atoms with Gasteiger partial charge in [0.2, 0.25) is 0 Å². The standard InChI is InChI=1S/C13H14N2O/c1-16-13-5-3-2-4-12(13)15-11-8-6-10(14)7-9-11/h2-9,15H,14H2,1H3. The molecule has 0 aliphatic carbocycles. The lowest BCUT2D eigenvalue weighted by Gasteiger charge is -2.10. The van der Waals surface area contributed by atoms with Gasteiger partial charge in [-0.25, -0.2) is 0 Å². The molecule has 0 bridgehead atoms. The van der Waals surface area contributed by atoms with Crippen LogP contribution in [0.3, 0.4) is 0 Å². The highest BCUT2D eigenvalue weighted by molar-refractivity contribution is 5.67. The molecular formula is C13H14N2O. The van der Waals surface area contributed by atoms with E-state index in [2.05, 4.69) is 5.32 Å². The normalized spacial score (nSPS) is 9.81. The van der Waals surface area contributed by atoms with Crippen molar-refractivity contribution in [3.63, 3.8) is 0 Å². The van der Waals surface area contributed by atoms with E-state index in [1.54, 1.807) is 7.11 Å². The molecule has 0 unspecified atom stereocenters. The van der Waals surface area contributed by atoms with Crippen molar-refractivity contribution < 1.29 is 4.74 Å².